The van der Waals surface area contributed by atoms with Gasteiger partial charge in [0.1, 0.15) is 5.75 Å². The van der Waals surface area contributed by atoms with Crippen molar-refractivity contribution >= 4 is 5.69 Å². The first-order chi connectivity index (χ1) is 8.74. The summed E-state index contributed by atoms with van der Waals surface area (Å²) in [6.45, 7) is -1.85. The summed E-state index contributed by atoms with van der Waals surface area (Å²) in [6.07, 6.45) is 7.89. The van der Waals surface area contributed by atoms with Gasteiger partial charge >= 0.3 is 6.61 Å². The number of allylic oxidation sites excluding steroid dienone is 2. The van der Waals surface area contributed by atoms with Crippen molar-refractivity contribution in [2.24, 2.45) is 5.92 Å². The zero-order chi connectivity index (χ0) is 12.8. The third kappa shape index (κ3) is 4.02. The molecule has 0 saturated heterocycles. The van der Waals surface area contributed by atoms with E-state index in [1.165, 1.54) is 6.42 Å². The smallest absolute Gasteiger partial charge is 0.387 e. The van der Waals surface area contributed by atoms with E-state index < -0.39 is 6.61 Å². The second-order valence-corrected chi connectivity index (χ2v) is 4.43. The van der Waals surface area contributed by atoms with Gasteiger partial charge in [0.25, 0.3) is 0 Å². The minimum atomic E-state index is -2.77. The number of benzene rings is 1. The molecule has 1 aliphatic rings. The quantitative estimate of drug-likeness (QED) is 0.799. The van der Waals surface area contributed by atoms with Crippen molar-refractivity contribution in [3.8, 4) is 5.75 Å². The molecule has 1 unspecified atom stereocenters. The first kappa shape index (κ1) is 12.9. The molecule has 0 amide bonds. The summed E-state index contributed by atoms with van der Waals surface area (Å²) in [6, 6.07) is 6.62. The summed E-state index contributed by atoms with van der Waals surface area (Å²) in [5, 5.41) is 3.32. The monoisotopic (exact) mass is 253 g/mol. The van der Waals surface area contributed by atoms with Crippen LogP contribution in [0.15, 0.2) is 36.4 Å². The van der Waals surface area contributed by atoms with Crippen LogP contribution in [-0.4, -0.2) is 13.2 Å². The Bertz CT molecular complexity index is 389. The molecule has 2 nitrogen and oxygen atoms in total. The van der Waals surface area contributed by atoms with Gasteiger partial charge in [0.05, 0.1) is 0 Å². The fourth-order valence-corrected chi connectivity index (χ4v) is 2.06. The van der Waals surface area contributed by atoms with Gasteiger partial charge in [-0.2, -0.15) is 8.78 Å². The van der Waals surface area contributed by atoms with E-state index in [0.717, 1.165) is 25.1 Å². The maximum Gasteiger partial charge on any atom is 0.387 e. The van der Waals surface area contributed by atoms with Crippen molar-refractivity contribution in [2.45, 2.75) is 25.9 Å². The lowest BCUT2D eigenvalue weighted by Gasteiger charge is -2.18. The van der Waals surface area contributed by atoms with Gasteiger partial charge in [-0.25, -0.2) is 0 Å². The Morgan fingerprint density at radius 1 is 1.22 bits per heavy atom. The lowest BCUT2D eigenvalue weighted by atomic mass is 9.94. The fourth-order valence-electron chi connectivity index (χ4n) is 2.06. The summed E-state index contributed by atoms with van der Waals surface area (Å²) >= 11 is 0. The molecule has 1 aromatic rings. The molecule has 1 N–H and O–H groups in total. The fraction of sp³-hybridized carbons (Fsp3) is 0.429. The van der Waals surface area contributed by atoms with E-state index in [1.807, 2.05) is 0 Å². The van der Waals surface area contributed by atoms with E-state index >= 15 is 0 Å². The maximum atomic E-state index is 12.0. The van der Waals surface area contributed by atoms with Crippen molar-refractivity contribution in [3.05, 3.63) is 36.4 Å². The van der Waals surface area contributed by atoms with E-state index in [9.17, 15) is 8.78 Å². The third-order valence-electron chi connectivity index (χ3n) is 3.05. The standard InChI is InChI=1S/C14H17F2NO/c15-14(16)18-13-8-6-12(7-9-13)17-10-11-4-2-1-3-5-11/h1-2,6-9,11,14,17H,3-5,10H2. The molecule has 18 heavy (non-hydrogen) atoms. The molecule has 0 saturated carbocycles. The van der Waals surface area contributed by atoms with Crippen molar-refractivity contribution in [3.63, 3.8) is 0 Å². The molecule has 0 fully saturated rings. The first-order valence-corrected chi connectivity index (χ1v) is 6.18. The Hall–Kier alpha value is -1.58. The van der Waals surface area contributed by atoms with Crippen LogP contribution in [0.5, 0.6) is 5.75 Å². The van der Waals surface area contributed by atoms with E-state index in [2.05, 4.69) is 22.2 Å². The molecule has 2 rings (SSSR count). The zero-order valence-corrected chi connectivity index (χ0v) is 10.1. The summed E-state index contributed by atoms with van der Waals surface area (Å²) in [4.78, 5) is 0. The van der Waals surface area contributed by atoms with Gasteiger partial charge in [-0.05, 0) is 49.4 Å². The van der Waals surface area contributed by atoms with Crippen LogP contribution in [0, 0.1) is 5.92 Å². The Morgan fingerprint density at radius 3 is 2.61 bits per heavy atom. The van der Waals surface area contributed by atoms with Gasteiger partial charge in [-0.1, -0.05) is 12.2 Å². The number of alkyl halides is 2. The number of halogens is 2. The molecule has 1 aliphatic carbocycles. The van der Waals surface area contributed by atoms with Crippen LogP contribution < -0.4 is 10.1 Å². The second-order valence-electron chi connectivity index (χ2n) is 4.43. The number of hydrogen-bond donors (Lipinski definition) is 1. The van der Waals surface area contributed by atoms with Crippen molar-refractivity contribution in [1.82, 2.24) is 0 Å². The number of anilines is 1. The van der Waals surface area contributed by atoms with Crippen LogP contribution in [0.1, 0.15) is 19.3 Å². The van der Waals surface area contributed by atoms with Crippen LogP contribution in [-0.2, 0) is 0 Å². The Morgan fingerprint density at radius 2 is 2.00 bits per heavy atom. The van der Waals surface area contributed by atoms with Crippen LogP contribution in [0.25, 0.3) is 0 Å². The highest BCUT2D eigenvalue weighted by Gasteiger charge is 2.09. The average molecular weight is 253 g/mol. The highest BCUT2D eigenvalue weighted by molar-refractivity contribution is 5.46. The van der Waals surface area contributed by atoms with Crippen molar-refractivity contribution in [2.75, 3.05) is 11.9 Å². The van der Waals surface area contributed by atoms with Gasteiger partial charge in [0, 0.05) is 12.2 Å². The molecule has 0 spiro atoms. The molecule has 0 aliphatic heterocycles. The summed E-state index contributed by atoms with van der Waals surface area (Å²) in [5.41, 5.74) is 0.936. The Balaban J connectivity index is 1.80. The number of hydrogen-bond acceptors (Lipinski definition) is 2. The second kappa shape index (κ2) is 6.38. The number of rotatable bonds is 5. The molecule has 0 aromatic heterocycles. The third-order valence-corrected chi connectivity index (χ3v) is 3.05. The molecular weight excluding hydrogens is 236 g/mol. The molecule has 98 valence electrons. The minimum Gasteiger partial charge on any atom is -0.435 e. The molecule has 1 aromatic carbocycles. The normalized spacial score (nSPS) is 18.9. The largest absolute Gasteiger partial charge is 0.435 e. The van der Waals surface area contributed by atoms with Gasteiger partial charge in [0.15, 0.2) is 0 Å². The highest BCUT2D eigenvalue weighted by atomic mass is 19.3. The Labute approximate surface area is 106 Å². The topological polar surface area (TPSA) is 21.3 Å². The predicted molar refractivity (Wildman–Crippen MR) is 68.0 cm³/mol. The average Bonchev–Trinajstić information content (AvgIpc) is 2.38. The van der Waals surface area contributed by atoms with Crippen LogP contribution in [0.3, 0.4) is 0 Å². The summed E-state index contributed by atoms with van der Waals surface area (Å²) in [7, 11) is 0. The predicted octanol–water partition coefficient (Wildman–Crippen LogP) is 4.06. The van der Waals surface area contributed by atoms with E-state index in [4.69, 9.17) is 0 Å². The van der Waals surface area contributed by atoms with E-state index in [1.54, 1.807) is 24.3 Å². The molecule has 4 heteroatoms. The minimum absolute atomic E-state index is 0.191. The SMILES string of the molecule is FC(F)Oc1ccc(NCC2CC=CCC2)cc1. The lowest BCUT2D eigenvalue weighted by molar-refractivity contribution is -0.0498. The lowest BCUT2D eigenvalue weighted by Crippen LogP contribution is -2.15. The van der Waals surface area contributed by atoms with Crippen LogP contribution in [0.4, 0.5) is 14.5 Å². The van der Waals surface area contributed by atoms with E-state index in [-0.39, 0.29) is 5.75 Å². The van der Waals surface area contributed by atoms with E-state index in [0.29, 0.717) is 5.92 Å². The molecular formula is C14H17F2NO. The van der Waals surface area contributed by atoms with Gasteiger partial charge < -0.3 is 10.1 Å². The molecule has 1 atom stereocenters. The van der Waals surface area contributed by atoms with Gasteiger partial charge in [0.2, 0.25) is 0 Å². The highest BCUT2D eigenvalue weighted by Crippen LogP contribution is 2.21. The summed E-state index contributed by atoms with van der Waals surface area (Å²) < 4.78 is 28.2. The maximum absolute atomic E-state index is 12.0. The molecule has 0 bridgehead atoms. The molecule has 0 radical (unpaired) electrons. The Kier molecular flexibility index (Phi) is 4.56. The van der Waals surface area contributed by atoms with Crippen LogP contribution >= 0.6 is 0 Å². The first-order valence-electron chi connectivity index (χ1n) is 6.18. The number of ether oxygens (including phenoxy) is 1. The van der Waals surface area contributed by atoms with Crippen molar-refractivity contribution < 1.29 is 13.5 Å². The number of nitrogens with one attached hydrogen (secondary N) is 1. The van der Waals surface area contributed by atoms with Crippen LogP contribution in [0.2, 0.25) is 0 Å². The van der Waals surface area contributed by atoms with Gasteiger partial charge in [-0.3, -0.25) is 0 Å². The summed E-state index contributed by atoms with van der Waals surface area (Å²) in [5.74, 6) is 0.850. The van der Waals surface area contributed by atoms with Gasteiger partial charge in [-0.15, -0.1) is 0 Å². The molecule has 0 heterocycles. The zero-order valence-electron chi connectivity index (χ0n) is 10.1. The van der Waals surface area contributed by atoms with Crippen molar-refractivity contribution in [1.29, 1.82) is 0 Å².